The SMILES string of the molecule is COc1ccc(C(NCC(O)c2cccc(NS(C)(=O)=O)c2)c2ccc(OC)cc2)cc1. The Kier molecular flexibility index (Phi) is 7.74. The van der Waals surface area contributed by atoms with Crippen LogP contribution < -0.4 is 19.5 Å². The lowest BCUT2D eigenvalue weighted by Gasteiger charge is -2.23. The van der Waals surface area contributed by atoms with Crippen molar-refractivity contribution in [1.82, 2.24) is 5.32 Å². The number of nitrogens with one attached hydrogen (secondary N) is 2. The van der Waals surface area contributed by atoms with E-state index >= 15 is 0 Å². The molecule has 0 aliphatic rings. The second kappa shape index (κ2) is 10.5. The van der Waals surface area contributed by atoms with Crippen LogP contribution in [0.2, 0.25) is 0 Å². The summed E-state index contributed by atoms with van der Waals surface area (Å²) in [6, 6.07) is 22.0. The minimum Gasteiger partial charge on any atom is -0.497 e. The summed E-state index contributed by atoms with van der Waals surface area (Å²) in [6.45, 7) is 0.255. The number of hydrogen-bond acceptors (Lipinski definition) is 6. The van der Waals surface area contributed by atoms with Gasteiger partial charge >= 0.3 is 0 Å². The first-order chi connectivity index (χ1) is 15.3. The van der Waals surface area contributed by atoms with Crippen molar-refractivity contribution in [2.75, 3.05) is 31.7 Å². The largest absolute Gasteiger partial charge is 0.497 e. The van der Waals surface area contributed by atoms with Crippen molar-refractivity contribution in [2.45, 2.75) is 12.1 Å². The van der Waals surface area contributed by atoms with Gasteiger partial charge in [0.15, 0.2) is 0 Å². The molecule has 0 bridgehead atoms. The summed E-state index contributed by atoms with van der Waals surface area (Å²) < 4.78 is 35.9. The number of rotatable bonds is 10. The summed E-state index contributed by atoms with van der Waals surface area (Å²) in [5.74, 6) is 1.52. The number of aliphatic hydroxyl groups excluding tert-OH is 1. The molecular weight excluding hydrogens is 428 g/mol. The number of methoxy groups -OCH3 is 2. The van der Waals surface area contributed by atoms with E-state index in [1.54, 1.807) is 38.5 Å². The number of benzene rings is 3. The zero-order chi connectivity index (χ0) is 23.1. The Balaban J connectivity index is 1.80. The molecule has 32 heavy (non-hydrogen) atoms. The molecule has 0 radical (unpaired) electrons. The maximum Gasteiger partial charge on any atom is 0.229 e. The fraction of sp³-hybridized carbons (Fsp3) is 0.250. The fourth-order valence-corrected chi connectivity index (χ4v) is 3.95. The van der Waals surface area contributed by atoms with Gasteiger partial charge in [-0.15, -0.1) is 0 Å². The van der Waals surface area contributed by atoms with Crippen LogP contribution in [0.15, 0.2) is 72.8 Å². The summed E-state index contributed by atoms with van der Waals surface area (Å²) in [7, 11) is -0.152. The van der Waals surface area contributed by atoms with Crippen LogP contribution in [-0.4, -0.2) is 40.5 Å². The summed E-state index contributed by atoms with van der Waals surface area (Å²) in [5, 5.41) is 14.2. The molecule has 3 N–H and O–H groups in total. The van der Waals surface area contributed by atoms with Gasteiger partial charge in [0, 0.05) is 12.2 Å². The first-order valence-corrected chi connectivity index (χ1v) is 12.0. The normalized spacial score (nSPS) is 12.4. The second-order valence-corrected chi connectivity index (χ2v) is 9.15. The van der Waals surface area contributed by atoms with Gasteiger partial charge in [0.05, 0.1) is 32.6 Å². The van der Waals surface area contributed by atoms with E-state index in [1.165, 1.54) is 0 Å². The van der Waals surface area contributed by atoms with E-state index in [2.05, 4.69) is 10.0 Å². The summed E-state index contributed by atoms with van der Waals surface area (Å²) >= 11 is 0. The van der Waals surface area contributed by atoms with Gasteiger partial charge in [0.25, 0.3) is 0 Å². The molecule has 8 heteroatoms. The number of hydrogen-bond donors (Lipinski definition) is 3. The molecule has 170 valence electrons. The van der Waals surface area contributed by atoms with Gasteiger partial charge in [-0.05, 0) is 53.1 Å². The molecule has 0 heterocycles. The third-order valence-electron chi connectivity index (χ3n) is 4.99. The molecule has 3 aromatic rings. The standard InChI is InChI=1S/C24H28N2O5S/c1-30-21-11-7-17(8-12-21)24(18-9-13-22(31-2)14-10-18)25-16-23(27)19-5-4-6-20(15-19)26-32(3,28)29/h4-15,23-27H,16H2,1-3H3. The maximum absolute atomic E-state index is 11.5. The first-order valence-electron chi connectivity index (χ1n) is 10.1. The Hall–Kier alpha value is -3.07. The van der Waals surface area contributed by atoms with Crippen molar-refractivity contribution >= 4 is 15.7 Å². The van der Waals surface area contributed by atoms with E-state index in [0.29, 0.717) is 11.3 Å². The molecule has 7 nitrogen and oxygen atoms in total. The molecule has 0 saturated heterocycles. The van der Waals surface area contributed by atoms with Crippen LogP contribution in [0.4, 0.5) is 5.69 Å². The smallest absolute Gasteiger partial charge is 0.229 e. The highest BCUT2D eigenvalue weighted by Crippen LogP contribution is 2.27. The molecule has 0 spiro atoms. The van der Waals surface area contributed by atoms with Crippen LogP contribution in [0, 0.1) is 0 Å². The average Bonchev–Trinajstić information content (AvgIpc) is 2.79. The summed E-state index contributed by atoms with van der Waals surface area (Å²) in [4.78, 5) is 0. The number of aliphatic hydroxyl groups is 1. The minimum absolute atomic E-state index is 0.182. The van der Waals surface area contributed by atoms with E-state index in [9.17, 15) is 13.5 Å². The van der Waals surface area contributed by atoms with E-state index in [0.717, 1.165) is 28.9 Å². The molecule has 1 unspecified atom stereocenters. The van der Waals surface area contributed by atoms with Crippen molar-refractivity contribution in [3.8, 4) is 11.5 Å². The number of sulfonamides is 1. The highest BCUT2D eigenvalue weighted by atomic mass is 32.2. The van der Waals surface area contributed by atoms with Gasteiger partial charge in [-0.2, -0.15) is 0 Å². The Morgan fingerprint density at radius 3 is 1.84 bits per heavy atom. The highest BCUT2D eigenvalue weighted by molar-refractivity contribution is 7.92. The minimum atomic E-state index is -3.40. The van der Waals surface area contributed by atoms with Crippen LogP contribution >= 0.6 is 0 Å². The average molecular weight is 457 g/mol. The maximum atomic E-state index is 11.5. The van der Waals surface area contributed by atoms with Gasteiger partial charge in [-0.25, -0.2) is 8.42 Å². The Labute approximate surface area is 189 Å². The molecule has 0 aliphatic heterocycles. The van der Waals surface area contributed by atoms with Crippen LogP contribution in [-0.2, 0) is 10.0 Å². The van der Waals surface area contributed by atoms with Crippen LogP contribution in [0.3, 0.4) is 0 Å². The fourth-order valence-electron chi connectivity index (χ4n) is 3.39. The summed E-state index contributed by atoms with van der Waals surface area (Å²) in [6.07, 6.45) is 0.252. The summed E-state index contributed by atoms with van der Waals surface area (Å²) in [5.41, 5.74) is 3.03. The molecule has 3 aromatic carbocycles. The van der Waals surface area contributed by atoms with Crippen molar-refractivity contribution in [1.29, 1.82) is 0 Å². The number of anilines is 1. The van der Waals surface area contributed by atoms with Crippen molar-refractivity contribution in [3.05, 3.63) is 89.5 Å². The van der Waals surface area contributed by atoms with Gasteiger partial charge in [0.1, 0.15) is 11.5 Å². The molecule has 0 saturated carbocycles. The predicted octanol–water partition coefficient (Wildman–Crippen LogP) is 3.49. The quantitative estimate of drug-likeness (QED) is 0.432. The van der Waals surface area contributed by atoms with Crippen LogP contribution in [0.5, 0.6) is 11.5 Å². The van der Waals surface area contributed by atoms with Crippen molar-refractivity contribution < 1.29 is 23.0 Å². The zero-order valence-electron chi connectivity index (χ0n) is 18.3. The zero-order valence-corrected chi connectivity index (χ0v) is 19.1. The first kappa shape index (κ1) is 23.6. The van der Waals surface area contributed by atoms with E-state index in [1.807, 2.05) is 48.5 Å². The van der Waals surface area contributed by atoms with E-state index < -0.39 is 16.1 Å². The van der Waals surface area contributed by atoms with Crippen LogP contribution in [0.25, 0.3) is 0 Å². The molecule has 0 fully saturated rings. The Bertz CT molecular complexity index is 1070. The molecule has 0 amide bonds. The number of ether oxygens (including phenoxy) is 2. The lowest BCUT2D eigenvalue weighted by Crippen LogP contribution is -2.27. The van der Waals surface area contributed by atoms with Crippen molar-refractivity contribution in [3.63, 3.8) is 0 Å². The van der Waals surface area contributed by atoms with Gasteiger partial charge in [-0.3, -0.25) is 4.72 Å². The van der Waals surface area contributed by atoms with Crippen LogP contribution in [0.1, 0.15) is 28.8 Å². The second-order valence-electron chi connectivity index (χ2n) is 7.40. The monoisotopic (exact) mass is 456 g/mol. The molecule has 3 rings (SSSR count). The van der Waals surface area contributed by atoms with Crippen molar-refractivity contribution in [2.24, 2.45) is 0 Å². The lowest BCUT2D eigenvalue weighted by atomic mass is 9.97. The molecule has 0 aliphatic carbocycles. The molecule has 0 aromatic heterocycles. The Morgan fingerprint density at radius 1 is 0.844 bits per heavy atom. The van der Waals surface area contributed by atoms with Gasteiger partial charge in [-0.1, -0.05) is 36.4 Å². The van der Waals surface area contributed by atoms with E-state index in [4.69, 9.17) is 9.47 Å². The van der Waals surface area contributed by atoms with Gasteiger partial charge < -0.3 is 19.9 Å². The van der Waals surface area contributed by atoms with E-state index in [-0.39, 0.29) is 12.6 Å². The topological polar surface area (TPSA) is 96.9 Å². The molecule has 1 atom stereocenters. The highest BCUT2D eigenvalue weighted by Gasteiger charge is 2.17. The third kappa shape index (κ3) is 6.46. The lowest BCUT2D eigenvalue weighted by molar-refractivity contribution is 0.172. The Morgan fingerprint density at radius 2 is 1.38 bits per heavy atom. The van der Waals surface area contributed by atoms with Gasteiger partial charge in [0.2, 0.25) is 10.0 Å². The predicted molar refractivity (Wildman–Crippen MR) is 126 cm³/mol. The third-order valence-corrected chi connectivity index (χ3v) is 5.59. The molecular formula is C24H28N2O5S.